The molecule has 1 fully saturated rings. The van der Waals surface area contributed by atoms with Gasteiger partial charge in [-0.05, 0) is 11.8 Å². The lowest BCUT2D eigenvalue weighted by molar-refractivity contribution is -0.122. The molecule has 1 N–H and O–H groups in total. The fourth-order valence-electron chi connectivity index (χ4n) is 1.38. The Morgan fingerprint density at radius 2 is 2.00 bits per heavy atom. The molecular formula is C9H15NO2. The third-order valence-corrected chi connectivity index (χ3v) is 1.88. The third-order valence-electron chi connectivity index (χ3n) is 1.88. The molecule has 0 radical (unpaired) electrons. The van der Waals surface area contributed by atoms with Gasteiger partial charge in [0.2, 0.25) is 5.91 Å². The number of hydrogen-bond donors (Lipinski definition) is 1. The number of nitrogens with one attached hydrogen (secondary N) is 1. The molecule has 1 unspecified atom stereocenters. The molecule has 1 atom stereocenters. The second-order valence-electron chi connectivity index (χ2n) is 4.53. The Morgan fingerprint density at radius 1 is 1.42 bits per heavy atom. The lowest BCUT2D eigenvalue weighted by Crippen LogP contribution is -2.33. The Labute approximate surface area is 72.5 Å². The maximum Gasteiger partial charge on any atom is 0.228 e. The summed E-state index contributed by atoms with van der Waals surface area (Å²) in [7, 11) is 0. The van der Waals surface area contributed by atoms with Crippen LogP contribution >= 0.6 is 0 Å². The molecule has 3 nitrogen and oxygen atoms in total. The molecule has 0 aliphatic carbocycles. The van der Waals surface area contributed by atoms with Crippen molar-refractivity contribution in [1.82, 2.24) is 5.32 Å². The summed E-state index contributed by atoms with van der Waals surface area (Å²) in [5.41, 5.74) is 0.0952. The molecule has 68 valence electrons. The number of carbonyl (C=O) groups is 2. The van der Waals surface area contributed by atoms with Crippen LogP contribution in [0.4, 0.5) is 0 Å². The molecule has 1 aliphatic rings. The van der Waals surface area contributed by atoms with Crippen molar-refractivity contribution in [1.29, 1.82) is 0 Å². The quantitative estimate of drug-likeness (QED) is 0.592. The average Bonchev–Trinajstić information content (AvgIpc) is 2.06. The Balaban J connectivity index is 2.54. The van der Waals surface area contributed by atoms with Crippen LogP contribution in [0.3, 0.4) is 0 Å². The number of hydrogen-bond acceptors (Lipinski definition) is 2. The number of ketones is 1. The van der Waals surface area contributed by atoms with Crippen molar-refractivity contribution in [3.8, 4) is 0 Å². The lowest BCUT2D eigenvalue weighted by Gasteiger charge is -2.21. The van der Waals surface area contributed by atoms with E-state index in [1.54, 1.807) is 0 Å². The first-order valence-electron chi connectivity index (χ1n) is 4.20. The van der Waals surface area contributed by atoms with Crippen molar-refractivity contribution in [3.05, 3.63) is 0 Å². The SMILES string of the molecule is CC(C)(C)CC1NC(=O)CC1=O. The second-order valence-corrected chi connectivity index (χ2v) is 4.53. The molecule has 0 saturated carbocycles. The largest absolute Gasteiger partial charge is 0.346 e. The van der Waals surface area contributed by atoms with Crippen LogP contribution in [0, 0.1) is 5.41 Å². The van der Waals surface area contributed by atoms with E-state index in [0.717, 1.165) is 6.42 Å². The van der Waals surface area contributed by atoms with Crippen molar-refractivity contribution in [2.45, 2.75) is 39.7 Å². The number of amides is 1. The molecule has 0 spiro atoms. The van der Waals surface area contributed by atoms with Crippen molar-refractivity contribution in [3.63, 3.8) is 0 Å². The Morgan fingerprint density at radius 3 is 2.33 bits per heavy atom. The second kappa shape index (κ2) is 2.88. The topological polar surface area (TPSA) is 46.2 Å². The molecule has 0 aromatic rings. The smallest absolute Gasteiger partial charge is 0.228 e. The number of Topliss-reactive ketones (excluding diaryl/α,β-unsaturated/α-hetero) is 1. The molecular weight excluding hydrogens is 154 g/mol. The van der Waals surface area contributed by atoms with Gasteiger partial charge in [-0.25, -0.2) is 0 Å². The van der Waals surface area contributed by atoms with Gasteiger partial charge in [-0.3, -0.25) is 9.59 Å². The van der Waals surface area contributed by atoms with Crippen LogP contribution in [-0.2, 0) is 9.59 Å². The summed E-state index contributed by atoms with van der Waals surface area (Å²) in [4.78, 5) is 22.0. The van der Waals surface area contributed by atoms with Crippen LogP contribution in [0.25, 0.3) is 0 Å². The van der Waals surface area contributed by atoms with Crippen molar-refractivity contribution in [2.75, 3.05) is 0 Å². The summed E-state index contributed by atoms with van der Waals surface area (Å²) in [5.74, 6) is -0.0934. The van der Waals surface area contributed by atoms with E-state index < -0.39 is 0 Å². The fraction of sp³-hybridized carbons (Fsp3) is 0.778. The van der Waals surface area contributed by atoms with Gasteiger partial charge >= 0.3 is 0 Å². The molecule has 1 amide bonds. The lowest BCUT2D eigenvalue weighted by atomic mass is 9.87. The van der Waals surface area contributed by atoms with Crippen molar-refractivity contribution in [2.24, 2.45) is 5.41 Å². The fourth-order valence-corrected chi connectivity index (χ4v) is 1.38. The predicted octanol–water partition coefficient (Wildman–Crippen LogP) is 0.880. The minimum absolute atomic E-state index is 0.0370. The molecule has 1 heterocycles. The van der Waals surface area contributed by atoms with Gasteiger partial charge in [-0.1, -0.05) is 20.8 Å². The summed E-state index contributed by atoms with van der Waals surface area (Å²) >= 11 is 0. The first-order chi connectivity index (χ1) is 5.38. The zero-order valence-corrected chi connectivity index (χ0v) is 7.81. The summed E-state index contributed by atoms with van der Waals surface area (Å²) in [6, 6.07) is -0.238. The van der Waals surface area contributed by atoms with Crippen LogP contribution in [-0.4, -0.2) is 17.7 Å². The molecule has 0 aromatic heterocycles. The highest BCUT2D eigenvalue weighted by Crippen LogP contribution is 2.23. The van der Waals surface area contributed by atoms with E-state index in [2.05, 4.69) is 26.1 Å². The average molecular weight is 169 g/mol. The minimum atomic E-state index is -0.238. The van der Waals surface area contributed by atoms with Crippen LogP contribution in [0.2, 0.25) is 0 Å². The van der Waals surface area contributed by atoms with Crippen LogP contribution < -0.4 is 5.32 Å². The van der Waals surface area contributed by atoms with E-state index in [0.29, 0.717) is 0 Å². The highest BCUT2D eigenvalue weighted by atomic mass is 16.2. The summed E-state index contributed by atoms with van der Waals surface area (Å²) < 4.78 is 0. The number of carbonyl (C=O) groups excluding carboxylic acids is 2. The normalized spacial score (nSPS) is 24.4. The van der Waals surface area contributed by atoms with Crippen LogP contribution in [0.15, 0.2) is 0 Å². The zero-order chi connectivity index (χ0) is 9.35. The van der Waals surface area contributed by atoms with E-state index in [4.69, 9.17) is 0 Å². The first kappa shape index (κ1) is 9.23. The van der Waals surface area contributed by atoms with Gasteiger partial charge in [0, 0.05) is 0 Å². The maximum atomic E-state index is 11.2. The molecule has 3 heteroatoms. The zero-order valence-electron chi connectivity index (χ0n) is 7.81. The Kier molecular flexibility index (Phi) is 2.22. The van der Waals surface area contributed by atoms with Gasteiger partial charge in [-0.15, -0.1) is 0 Å². The third kappa shape index (κ3) is 2.32. The van der Waals surface area contributed by atoms with Gasteiger partial charge in [0.1, 0.15) is 0 Å². The van der Waals surface area contributed by atoms with E-state index in [9.17, 15) is 9.59 Å². The summed E-state index contributed by atoms with van der Waals surface area (Å²) in [6.45, 7) is 6.18. The highest BCUT2D eigenvalue weighted by Gasteiger charge is 2.32. The van der Waals surface area contributed by atoms with Crippen molar-refractivity contribution >= 4 is 11.7 Å². The standard InChI is InChI=1S/C9H15NO2/c1-9(2,3)5-6-7(11)4-8(12)10-6/h6H,4-5H2,1-3H3,(H,10,12). The van der Waals surface area contributed by atoms with Gasteiger partial charge in [0.25, 0.3) is 0 Å². The molecule has 12 heavy (non-hydrogen) atoms. The van der Waals surface area contributed by atoms with Crippen molar-refractivity contribution < 1.29 is 9.59 Å². The van der Waals surface area contributed by atoms with E-state index >= 15 is 0 Å². The first-order valence-corrected chi connectivity index (χ1v) is 4.20. The molecule has 1 aliphatic heterocycles. The van der Waals surface area contributed by atoms with Gasteiger partial charge in [0.05, 0.1) is 12.5 Å². The molecule has 0 aromatic carbocycles. The van der Waals surface area contributed by atoms with E-state index in [1.165, 1.54) is 0 Å². The maximum absolute atomic E-state index is 11.2. The molecule has 1 saturated heterocycles. The number of rotatable bonds is 1. The van der Waals surface area contributed by atoms with E-state index in [-0.39, 0.29) is 29.6 Å². The Hall–Kier alpha value is -0.860. The molecule has 0 bridgehead atoms. The minimum Gasteiger partial charge on any atom is -0.346 e. The van der Waals surface area contributed by atoms with Gasteiger partial charge in [-0.2, -0.15) is 0 Å². The van der Waals surface area contributed by atoms with Gasteiger partial charge < -0.3 is 5.32 Å². The summed E-state index contributed by atoms with van der Waals surface area (Å²) in [5, 5.41) is 2.67. The highest BCUT2D eigenvalue weighted by molar-refractivity contribution is 6.07. The predicted molar refractivity (Wildman–Crippen MR) is 45.6 cm³/mol. The van der Waals surface area contributed by atoms with Crippen LogP contribution in [0.5, 0.6) is 0 Å². The monoisotopic (exact) mass is 169 g/mol. The van der Waals surface area contributed by atoms with Crippen LogP contribution in [0.1, 0.15) is 33.6 Å². The summed E-state index contributed by atoms with van der Waals surface area (Å²) in [6.07, 6.45) is 0.804. The van der Waals surface area contributed by atoms with E-state index in [1.807, 2.05) is 0 Å². The Bertz CT molecular complexity index is 215. The van der Waals surface area contributed by atoms with Gasteiger partial charge in [0.15, 0.2) is 5.78 Å². The molecule has 1 rings (SSSR count).